The van der Waals surface area contributed by atoms with E-state index in [1.165, 1.54) is 5.56 Å². The second kappa shape index (κ2) is 15.5. The fraction of sp³-hybridized carbons (Fsp3) is 0. The van der Waals surface area contributed by atoms with Crippen LogP contribution in [0.4, 0.5) is 0 Å². The number of allylic oxidation sites excluding steroid dienone is 4. The molecular formula is C50H36N4. The van der Waals surface area contributed by atoms with Crippen LogP contribution < -0.4 is 0 Å². The van der Waals surface area contributed by atoms with E-state index in [2.05, 4.69) is 122 Å². The van der Waals surface area contributed by atoms with Crippen molar-refractivity contribution in [2.45, 2.75) is 0 Å². The molecule has 0 atom stereocenters. The van der Waals surface area contributed by atoms with Gasteiger partial charge < -0.3 is 0 Å². The van der Waals surface area contributed by atoms with E-state index in [0.29, 0.717) is 17.5 Å². The van der Waals surface area contributed by atoms with Gasteiger partial charge in [0.2, 0.25) is 0 Å². The SMILES string of the molecule is C=C/C=C(\C=C)c1cc(-c2cccc(-c3ccccc3)c2)cc(-c2cccc(-c3cccc(-c4nc(-c5ccccc5)nc(-c5ccccc5)n4)c3)c2)n1. The number of hydrogen-bond acceptors (Lipinski definition) is 4. The number of benzene rings is 6. The summed E-state index contributed by atoms with van der Waals surface area (Å²) >= 11 is 0. The maximum Gasteiger partial charge on any atom is 0.164 e. The summed E-state index contributed by atoms with van der Waals surface area (Å²) in [7, 11) is 0. The van der Waals surface area contributed by atoms with Crippen LogP contribution in [0.25, 0.3) is 84.4 Å². The molecule has 8 aromatic rings. The zero-order valence-electron chi connectivity index (χ0n) is 29.7. The summed E-state index contributed by atoms with van der Waals surface area (Å²) < 4.78 is 0. The van der Waals surface area contributed by atoms with Crippen molar-refractivity contribution in [1.82, 2.24) is 19.9 Å². The highest BCUT2D eigenvalue weighted by Crippen LogP contribution is 2.34. The molecule has 0 aliphatic carbocycles. The van der Waals surface area contributed by atoms with E-state index in [1.807, 2.05) is 78.9 Å². The van der Waals surface area contributed by atoms with E-state index in [4.69, 9.17) is 19.9 Å². The molecule has 6 aromatic carbocycles. The van der Waals surface area contributed by atoms with Crippen LogP contribution in [-0.4, -0.2) is 19.9 Å². The van der Waals surface area contributed by atoms with Gasteiger partial charge in [0.1, 0.15) is 0 Å². The average Bonchev–Trinajstić information content (AvgIpc) is 3.26. The van der Waals surface area contributed by atoms with Crippen LogP contribution >= 0.6 is 0 Å². The first-order valence-corrected chi connectivity index (χ1v) is 17.9. The van der Waals surface area contributed by atoms with Crippen molar-refractivity contribution in [3.05, 3.63) is 213 Å². The van der Waals surface area contributed by atoms with Crippen molar-refractivity contribution in [2.75, 3.05) is 0 Å². The van der Waals surface area contributed by atoms with Gasteiger partial charge in [-0.3, -0.25) is 0 Å². The molecule has 2 aromatic heterocycles. The molecule has 0 fully saturated rings. The number of rotatable bonds is 10. The lowest BCUT2D eigenvalue weighted by molar-refractivity contribution is 1.07. The minimum atomic E-state index is 0.614. The first-order chi connectivity index (χ1) is 26.6. The molecule has 4 nitrogen and oxygen atoms in total. The molecule has 0 saturated carbocycles. The van der Waals surface area contributed by atoms with E-state index in [9.17, 15) is 0 Å². The summed E-state index contributed by atoms with van der Waals surface area (Å²) in [4.78, 5) is 19.9. The number of hydrogen-bond donors (Lipinski definition) is 0. The molecule has 8 rings (SSSR count). The number of pyridine rings is 1. The Morgan fingerprint density at radius 1 is 0.352 bits per heavy atom. The summed E-state index contributed by atoms with van der Waals surface area (Å²) in [5, 5.41) is 0. The molecule has 0 aliphatic heterocycles. The molecule has 0 spiro atoms. The number of aromatic nitrogens is 4. The molecule has 54 heavy (non-hydrogen) atoms. The van der Waals surface area contributed by atoms with Crippen molar-refractivity contribution < 1.29 is 0 Å². The van der Waals surface area contributed by atoms with Crippen LogP contribution in [0.3, 0.4) is 0 Å². The van der Waals surface area contributed by atoms with Gasteiger partial charge in [0.15, 0.2) is 17.5 Å². The van der Waals surface area contributed by atoms with Gasteiger partial charge >= 0.3 is 0 Å². The van der Waals surface area contributed by atoms with Gasteiger partial charge in [0.05, 0.1) is 11.4 Å². The molecule has 2 heterocycles. The van der Waals surface area contributed by atoms with Gasteiger partial charge in [0.25, 0.3) is 0 Å². The number of nitrogens with zero attached hydrogens (tertiary/aromatic N) is 4. The highest BCUT2D eigenvalue weighted by atomic mass is 15.0. The van der Waals surface area contributed by atoms with Gasteiger partial charge in [0, 0.05) is 22.3 Å². The Bertz CT molecular complexity index is 2570. The Kier molecular flexibility index (Phi) is 9.72. The van der Waals surface area contributed by atoms with Gasteiger partial charge in [-0.15, -0.1) is 0 Å². The fourth-order valence-electron chi connectivity index (χ4n) is 6.52. The third-order valence-corrected chi connectivity index (χ3v) is 9.25. The highest BCUT2D eigenvalue weighted by molar-refractivity contribution is 5.83. The summed E-state index contributed by atoms with van der Waals surface area (Å²) in [5.74, 6) is 1.88. The molecule has 0 saturated heterocycles. The molecule has 0 unspecified atom stereocenters. The third-order valence-electron chi connectivity index (χ3n) is 9.25. The molecule has 4 heteroatoms. The predicted molar refractivity (Wildman–Crippen MR) is 224 cm³/mol. The fourth-order valence-corrected chi connectivity index (χ4v) is 6.52. The highest BCUT2D eigenvalue weighted by Gasteiger charge is 2.14. The zero-order valence-corrected chi connectivity index (χ0v) is 29.7. The van der Waals surface area contributed by atoms with E-state index in [1.54, 1.807) is 6.08 Å². The average molecular weight is 693 g/mol. The van der Waals surface area contributed by atoms with Crippen molar-refractivity contribution in [3.63, 3.8) is 0 Å². The van der Waals surface area contributed by atoms with Crippen LogP contribution in [0.2, 0.25) is 0 Å². The van der Waals surface area contributed by atoms with Gasteiger partial charge in [-0.05, 0) is 69.3 Å². The second-order valence-electron chi connectivity index (χ2n) is 12.8. The van der Waals surface area contributed by atoms with Gasteiger partial charge in [-0.1, -0.05) is 177 Å². The van der Waals surface area contributed by atoms with Crippen molar-refractivity contribution in [2.24, 2.45) is 0 Å². The van der Waals surface area contributed by atoms with Crippen molar-refractivity contribution >= 4 is 5.57 Å². The minimum Gasteiger partial charge on any atom is -0.248 e. The normalized spacial score (nSPS) is 11.2. The van der Waals surface area contributed by atoms with Crippen molar-refractivity contribution in [3.8, 4) is 78.8 Å². The molecule has 0 bridgehead atoms. The maximum atomic E-state index is 5.16. The predicted octanol–water partition coefficient (Wildman–Crippen LogP) is 12.7. The van der Waals surface area contributed by atoms with Crippen LogP contribution in [0.1, 0.15) is 5.69 Å². The van der Waals surface area contributed by atoms with Crippen LogP contribution in [0.5, 0.6) is 0 Å². The maximum absolute atomic E-state index is 5.16. The van der Waals surface area contributed by atoms with E-state index in [-0.39, 0.29) is 0 Å². The van der Waals surface area contributed by atoms with E-state index < -0.39 is 0 Å². The van der Waals surface area contributed by atoms with E-state index in [0.717, 1.165) is 67.0 Å². The Balaban J connectivity index is 1.20. The largest absolute Gasteiger partial charge is 0.248 e. The lowest BCUT2D eigenvalue weighted by Gasteiger charge is -2.13. The monoisotopic (exact) mass is 692 g/mol. The van der Waals surface area contributed by atoms with Gasteiger partial charge in [-0.2, -0.15) is 0 Å². The molecular weight excluding hydrogens is 657 g/mol. The van der Waals surface area contributed by atoms with Crippen molar-refractivity contribution in [1.29, 1.82) is 0 Å². The summed E-state index contributed by atoms with van der Waals surface area (Å²) in [6.07, 6.45) is 5.54. The summed E-state index contributed by atoms with van der Waals surface area (Å²) in [6, 6.07) is 60.3. The Labute approximate surface area is 316 Å². The molecule has 0 amide bonds. The first-order valence-electron chi connectivity index (χ1n) is 17.9. The zero-order chi connectivity index (χ0) is 36.7. The minimum absolute atomic E-state index is 0.614. The topological polar surface area (TPSA) is 51.6 Å². The van der Waals surface area contributed by atoms with Gasteiger partial charge in [-0.25, -0.2) is 19.9 Å². The second-order valence-corrected chi connectivity index (χ2v) is 12.8. The summed E-state index contributed by atoms with van der Waals surface area (Å²) in [6.45, 7) is 8.01. The summed E-state index contributed by atoms with van der Waals surface area (Å²) in [5.41, 5.74) is 13.0. The molecule has 0 aliphatic rings. The third kappa shape index (κ3) is 7.36. The lowest BCUT2D eigenvalue weighted by Crippen LogP contribution is -2.00. The Hall–Kier alpha value is -7.30. The smallest absolute Gasteiger partial charge is 0.164 e. The van der Waals surface area contributed by atoms with Crippen LogP contribution in [0.15, 0.2) is 207 Å². The molecule has 256 valence electrons. The lowest BCUT2D eigenvalue weighted by atomic mass is 9.95. The first kappa shape index (κ1) is 33.8. The van der Waals surface area contributed by atoms with Crippen LogP contribution in [0, 0.1) is 0 Å². The quantitative estimate of drug-likeness (QED) is 0.134. The standard InChI is InChI=1S/C50H36N4/c1-3-17-35(4-2)46-33-45(42-27-14-24-39(30-42)36-18-8-5-9-19-36)34-47(51-46)43-28-15-25-40(31-43)41-26-16-29-44(32-41)50-53-48(37-20-10-6-11-21-37)52-49(54-50)38-22-12-7-13-23-38/h3-34H,1-2H2/b35-17+. The molecule has 0 radical (unpaired) electrons. The van der Waals surface area contributed by atoms with Crippen LogP contribution in [-0.2, 0) is 0 Å². The molecule has 0 N–H and O–H groups in total. The Morgan fingerprint density at radius 3 is 1.30 bits per heavy atom. The van der Waals surface area contributed by atoms with E-state index >= 15 is 0 Å². The Morgan fingerprint density at radius 2 is 0.759 bits per heavy atom.